The van der Waals surface area contributed by atoms with Crippen LogP contribution in [0.5, 0.6) is 11.5 Å². The maximum Gasteiger partial charge on any atom is 0.241 e. The molecule has 2 heterocycles. The first-order valence-electron chi connectivity index (χ1n) is 8.40. The van der Waals surface area contributed by atoms with E-state index in [0.717, 1.165) is 35.5 Å². The molecule has 128 valence electrons. The van der Waals surface area contributed by atoms with E-state index in [9.17, 15) is 9.59 Å². The molecular formula is C20H18O4S. The van der Waals surface area contributed by atoms with Crippen molar-refractivity contribution in [2.24, 2.45) is 0 Å². The molecule has 25 heavy (non-hydrogen) atoms. The molecule has 0 N–H and O–H groups in total. The molecular weight excluding hydrogens is 336 g/mol. The number of Topliss-reactive ketones (excluding diaryl/α,β-unsaturated/α-hetero) is 1. The molecule has 2 aliphatic heterocycles. The number of hydrogen-bond acceptors (Lipinski definition) is 5. The molecule has 2 atom stereocenters. The third-order valence-electron chi connectivity index (χ3n) is 4.42. The average Bonchev–Trinajstić information content (AvgIpc) is 2.93. The first-order valence-corrected chi connectivity index (χ1v) is 9.28. The second-order valence-electron chi connectivity index (χ2n) is 6.28. The molecule has 1 fully saturated rings. The van der Waals surface area contributed by atoms with E-state index < -0.39 is 0 Å². The Morgan fingerprint density at radius 3 is 2.72 bits per heavy atom. The third kappa shape index (κ3) is 3.71. The van der Waals surface area contributed by atoms with Gasteiger partial charge in [0.05, 0.1) is 11.7 Å². The summed E-state index contributed by atoms with van der Waals surface area (Å²) in [6, 6.07) is 15.7. The van der Waals surface area contributed by atoms with Crippen LogP contribution in [0.25, 0.3) is 0 Å². The molecule has 0 saturated carbocycles. The molecule has 2 aromatic rings. The molecule has 0 aliphatic carbocycles. The molecule has 0 amide bonds. The van der Waals surface area contributed by atoms with Crippen LogP contribution in [0.1, 0.15) is 24.0 Å². The van der Waals surface area contributed by atoms with Crippen molar-refractivity contribution >= 4 is 22.7 Å². The van der Waals surface area contributed by atoms with Crippen molar-refractivity contribution in [3.63, 3.8) is 0 Å². The van der Waals surface area contributed by atoms with Crippen LogP contribution in [0.3, 0.4) is 0 Å². The van der Waals surface area contributed by atoms with Gasteiger partial charge in [-0.15, -0.1) is 0 Å². The number of thioether (sulfide) groups is 1. The number of aryl methyl sites for hydroxylation is 1. The SMILES string of the molecule is O=C1CC(=O)C(Cc2ccc3c(c2)CCC(Oc2ccccc2)O3)S1. The fourth-order valence-electron chi connectivity index (χ4n) is 3.17. The predicted octanol–water partition coefficient (Wildman–Crippen LogP) is 3.56. The van der Waals surface area contributed by atoms with Gasteiger partial charge in [-0.3, -0.25) is 9.59 Å². The second-order valence-corrected chi connectivity index (χ2v) is 7.54. The number of carbonyl (C=O) groups is 2. The largest absolute Gasteiger partial charge is 0.455 e. The van der Waals surface area contributed by atoms with Gasteiger partial charge in [0.2, 0.25) is 6.29 Å². The monoisotopic (exact) mass is 354 g/mol. The Bertz CT molecular complexity index is 803. The minimum absolute atomic E-state index is 0.0165. The molecule has 0 aromatic heterocycles. The molecule has 2 aromatic carbocycles. The van der Waals surface area contributed by atoms with Crippen molar-refractivity contribution in [2.75, 3.05) is 0 Å². The van der Waals surface area contributed by atoms with Crippen LogP contribution in [-0.2, 0) is 22.4 Å². The third-order valence-corrected chi connectivity index (χ3v) is 5.54. The van der Waals surface area contributed by atoms with Gasteiger partial charge in [-0.25, -0.2) is 0 Å². The Hall–Kier alpha value is -2.27. The lowest BCUT2D eigenvalue weighted by Crippen LogP contribution is -2.28. The van der Waals surface area contributed by atoms with E-state index in [4.69, 9.17) is 9.47 Å². The van der Waals surface area contributed by atoms with E-state index in [2.05, 4.69) is 6.07 Å². The van der Waals surface area contributed by atoms with Crippen molar-refractivity contribution in [2.45, 2.75) is 37.2 Å². The lowest BCUT2D eigenvalue weighted by atomic mass is 9.99. The van der Waals surface area contributed by atoms with E-state index >= 15 is 0 Å². The van der Waals surface area contributed by atoms with Crippen molar-refractivity contribution in [1.29, 1.82) is 0 Å². The van der Waals surface area contributed by atoms with Crippen LogP contribution >= 0.6 is 11.8 Å². The van der Waals surface area contributed by atoms with Crippen LogP contribution in [0.2, 0.25) is 0 Å². The van der Waals surface area contributed by atoms with Gasteiger partial charge >= 0.3 is 0 Å². The van der Waals surface area contributed by atoms with Crippen LogP contribution < -0.4 is 9.47 Å². The van der Waals surface area contributed by atoms with Gasteiger partial charge in [0.25, 0.3) is 0 Å². The molecule has 0 spiro atoms. The zero-order valence-electron chi connectivity index (χ0n) is 13.6. The number of para-hydroxylation sites is 1. The Balaban J connectivity index is 1.42. The predicted molar refractivity (Wildman–Crippen MR) is 96.0 cm³/mol. The summed E-state index contributed by atoms with van der Waals surface area (Å²) in [5, 5.41) is -0.249. The molecule has 1 saturated heterocycles. The molecule has 2 unspecified atom stereocenters. The quantitative estimate of drug-likeness (QED) is 0.786. The number of fused-ring (bicyclic) bond motifs is 1. The highest BCUT2D eigenvalue weighted by atomic mass is 32.2. The molecule has 5 heteroatoms. The number of rotatable bonds is 4. The minimum Gasteiger partial charge on any atom is -0.455 e. The highest BCUT2D eigenvalue weighted by molar-refractivity contribution is 8.15. The fraction of sp³-hybridized carbons (Fsp3) is 0.300. The van der Waals surface area contributed by atoms with Crippen molar-refractivity contribution in [1.82, 2.24) is 0 Å². The highest BCUT2D eigenvalue weighted by Gasteiger charge is 2.32. The zero-order chi connectivity index (χ0) is 17.2. The fourth-order valence-corrected chi connectivity index (χ4v) is 4.20. The lowest BCUT2D eigenvalue weighted by molar-refractivity contribution is -0.121. The van der Waals surface area contributed by atoms with Crippen molar-refractivity contribution < 1.29 is 19.1 Å². The normalized spacial score (nSPS) is 22.4. The average molecular weight is 354 g/mol. The van der Waals surface area contributed by atoms with E-state index in [-0.39, 0.29) is 28.9 Å². The number of carbonyl (C=O) groups excluding carboxylic acids is 2. The van der Waals surface area contributed by atoms with Gasteiger partial charge in [-0.05, 0) is 42.2 Å². The second kappa shape index (κ2) is 6.92. The lowest BCUT2D eigenvalue weighted by Gasteiger charge is -2.27. The van der Waals surface area contributed by atoms with Crippen LogP contribution in [0.4, 0.5) is 0 Å². The van der Waals surface area contributed by atoms with Crippen LogP contribution in [-0.4, -0.2) is 22.4 Å². The van der Waals surface area contributed by atoms with Crippen LogP contribution in [0.15, 0.2) is 48.5 Å². The molecule has 4 nitrogen and oxygen atoms in total. The molecule has 0 radical (unpaired) electrons. The molecule has 0 bridgehead atoms. The Morgan fingerprint density at radius 1 is 1.12 bits per heavy atom. The van der Waals surface area contributed by atoms with Crippen molar-refractivity contribution in [3.05, 3.63) is 59.7 Å². The standard InChI is InChI=1S/C20H18O4S/c21-16-12-19(22)25-18(16)11-13-6-8-17-14(10-13)7-9-20(24-17)23-15-4-2-1-3-5-15/h1-6,8,10,18,20H,7,9,11-12H2. The number of benzene rings is 2. The van der Waals surface area contributed by atoms with Gasteiger partial charge in [0.15, 0.2) is 10.9 Å². The van der Waals surface area contributed by atoms with E-state index in [1.807, 2.05) is 42.5 Å². The first-order chi connectivity index (χ1) is 12.2. The summed E-state index contributed by atoms with van der Waals surface area (Å²) in [5.41, 5.74) is 2.21. The molecule has 4 rings (SSSR count). The highest BCUT2D eigenvalue weighted by Crippen LogP contribution is 2.32. The summed E-state index contributed by atoms with van der Waals surface area (Å²) in [5.74, 6) is 1.67. The minimum atomic E-state index is -0.287. The Morgan fingerprint density at radius 2 is 1.96 bits per heavy atom. The van der Waals surface area contributed by atoms with Gasteiger partial charge in [-0.2, -0.15) is 0 Å². The summed E-state index contributed by atoms with van der Waals surface area (Å²) in [6.07, 6.45) is 2.03. The maximum absolute atomic E-state index is 11.8. The summed E-state index contributed by atoms with van der Waals surface area (Å²) in [7, 11) is 0. The number of ether oxygens (including phenoxy) is 2. The summed E-state index contributed by atoms with van der Waals surface area (Å²) >= 11 is 1.17. The number of hydrogen-bond donors (Lipinski definition) is 0. The van der Waals surface area contributed by atoms with Gasteiger partial charge in [0, 0.05) is 6.42 Å². The van der Waals surface area contributed by atoms with Gasteiger partial charge < -0.3 is 9.47 Å². The van der Waals surface area contributed by atoms with Gasteiger partial charge in [-0.1, -0.05) is 42.1 Å². The Labute approximate surface area is 150 Å². The van der Waals surface area contributed by atoms with Crippen molar-refractivity contribution in [3.8, 4) is 11.5 Å². The molecule has 2 aliphatic rings. The first kappa shape index (κ1) is 16.2. The van der Waals surface area contributed by atoms with Crippen LogP contribution in [0, 0.1) is 0 Å². The smallest absolute Gasteiger partial charge is 0.241 e. The summed E-state index contributed by atoms with van der Waals surface area (Å²) in [4.78, 5) is 23.2. The van der Waals surface area contributed by atoms with E-state index in [1.165, 1.54) is 11.8 Å². The number of ketones is 1. The maximum atomic E-state index is 11.8. The van der Waals surface area contributed by atoms with E-state index in [1.54, 1.807) is 0 Å². The summed E-state index contributed by atoms with van der Waals surface area (Å²) < 4.78 is 11.8. The van der Waals surface area contributed by atoms with E-state index in [0.29, 0.717) is 6.42 Å². The zero-order valence-corrected chi connectivity index (χ0v) is 14.5. The van der Waals surface area contributed by atoms with Gasteiger partial charge in [0.1, 0.15) is 11.5 Å². The Kier molecular flexibility index (Phi) is 4.49. The summed E-state index contributed by atoms with van der Waals surface area (Å²) in [6.45, 7) is 0. The topological polar surface area (TPSA) is 52.6 Å².